The highest BCUT2D eigenvalue weighted by atomic mass is 19.1. The summed E-state index contributed by atoms with van der Waals surface area (Å²) in [6.07, 6.45) is 4.40. The van der Waals surface area contributed by atoms with Gasteiger partial charge in [-0.3, -0.25) is 0 Å². The number of fused-ring (bicyclic) bond motifs is 1. The van der Waals surface area contributed by atoms with Crippen molar-refractivity contribution in [2.45, 2.75) is 0 Å². The van der Waals surface area contributed by atoms with E-state index >= 15 is 0 Å². The van der Waals surface area contributed by atoms with Crippen molar-refractivity contribution in [3.8, 4) is 12.3 Å². The van der Waals surface area contributed by atoms with Crippen LogP contribution in [-0.4, -0.2) is 9.97 Å². The molecule has 0 amide bonds. The van der Waals surface area contributed by atoms with Crippen LogP contribution in [0, 0.1) is 24.2 Å². The normalized spacial score (nSPS) is 10.3. The third kappa shape index (κ3) is 2.51. The number of aromatic nitrogens is 2. The number of hydrogen-bond acceptors (Lipinski definition) is 3. The standard InChI is InChI=1S/C16H9F2N3/c1-2-10-5-3-6-11(9-10)19-15-14-12(17)7-4-8-13(14)20-16(18)21-15/h1,3-9H,(H,19,20,21). The van der Waals surface area contributed by atoms with E-state index in [1.807, 2.05) is 0 Å². The van der Waals surface area contributed by atoms with Gasteiger partial charge in [0.05, 0.1) is 10.9 Å². The van der Waals surface area contributed by atoms with Gasteiger partial charge in [0.15, 0.2) is 0 Å². The van der Waals surface area contributed by atoms with Crippen molar-refractivity contribution in [2.75, 3.05) is 5.32 Å². The Bertz CT molecular complexity index is 869. The van der Waals surface area contributed by atoms with E-state index in [2.05, 4.69) is 21.2 Å². The fourth-order valence-corrected chi connectivity index (χ4v) is 2.03. The first kappa shape index (κ1) is 13.0. The minimum Gasteiger partial charge on any atom is -0.339 e. The summed E-state index contributed by atoms with van der Waals surface area (Å²) >= 11 is 0. The van der Waals surface area contributed by atoms with E-state index in [0.717, 1.165) is 0 Å². The zero-order chi connectivity index (χ0) is 14.8. The summed E-state index contributed by atoms with van der Waals surface area (Å²) in [4.78, 5) is 7.21. The highest BCUT2D eigenvalue weighted by molar-refractivity contribution is 5.91. The predicted molar refractivity (Wildman–Crippen MR) is 77.1 cm³/mol. The van der Waals surface area contributed by atoms with Crippen LogP contribution >= 0.6 is 0 Å². The number of anilines is 2. The number of terminal acetylenes is 1. The maximum absolute atomic E-state index is 14.0. The molecule has 1 aromatic heterocycles. The summed E-state index contributed by atoms with van der Waals surface area (Å²) in [5.74, 6) is 2.03. The largest absolute Gasteiger partial charge is 0.339 e. The Balaban J connectivity index is 2.14. The zero-order valence-electron chi connectivity index (χ0n) is 10.8. The van der Waals surface area contributed by atoms with Crippen LogP contribution in [0.4, 0.5) is 20.3 Å². The molecule has 5 heteroatoms. The summed E-state index contributed by atoms with van der Waals surface area (Å²) in [5.41, 5.74) is 1.44. The number of nitrogens with one attached hydrogen (secondary N) is 1. The molecule has 0 saturated heterocycles. The number of rotatable bonds is 2. The van der Waals surface area contributed by atoms with Crippen LogP contribution in [0.15, 0.2) is 42.5 Å². The summed E-state index contributed by atoms with van der Waals surface area (Å²) < 4.78 is 27.4. The molecule has 0 saturated carbocycles. The average Bonchev–Trinajstić information content (AvgIpc) is 2.47. The van der Waals surface area contributed by atoms with E-state index in [-0.39, 0.29) is 16.7 Å². The number of benzene rings is 2. The Kier molecular flexibility index (Phi) is 3.20. The van der Waals surface area contributed by atoms with E-state index < -0.39 is 11.9 Å². The second kappa shape index (κ2) is 5.17. The van der Waals surface area contributed by atoms with Gasteiger partial charge in [0.25, 0.3) is 0 Å². The zero-order valence-corrected chi connectivity index (χ0v) is 10.8. The molecular weight excluding hydrogens is 272 g/mol. The molecule has 2 aromatic carbocycles. The molecular formula is C16H9F2N3. The van der Waals surface area contributed by atoms with Crippen LogP contribution in [0.3, 0.4) is 0 Å². The Morgan fingerprint density at radius 1 is 1.05 bits per heavy atom. The van der Waals surface area contributed by atoms with Gasteiger partial charge in [0, 0.05) is 11.3 Å². The van der Waals surface area contributed by atoms with Gasteiger partial charge in [-0.1, -0.05) is 18.1 Å². The molecule has 21 heavy (non-hydrogen) atoms. The monoisotopic (exact) mass is 281 g/mol. The first-order valence-corrected chi connectivity index (χ1v) is 6.13. The molecule has 0 aliphatic rings. The quantitative estimate of drug-likeness (QED) is 0.575. The lowest BCUT2D eigenvalue weighted by Gasteiger charge is -2.09. The van der Waals surface area contributed by atoms with Crippen molar-refractivity contribution in [3.63, 3.8) is 0 Å². The summed E-state index contributed by atoms with van der Waals surface area (Å²) in [6.45, 7) is 0. The van der Waals surface area contributed by atoms with Gasteiger partial charge in [0.1, 0.15) is 11.6 Å². The van der Waals surface area contributed by atoms with E-state index in [1.54, 1.807) is 24.3 Å². The highest BCUT2D eigenvalue weighted by Crippen LogP contribution is 2.26. The predicted octanol–water partition coefficient (Wildman–Crippen LogP) is 3.63. The average molecular weight is 281 g/mol. The number of hydrogen-bond donors (Lipinski definition) is 1. The fourth-order valence-electron chi connectivity index (χ4n) is 2.03. The van der Waals surface area contributed by atoms with Crippen molar-refractivity contribution in [1.82, 2.24) is 9.97 Å². The Labute approximate surface area is 119 Å². The minimum absolute atomic E-state index is 0.0600. The molecule has 0 spiro atoms. The smallest absolute Gasteiger partial charge is 0.311 e. The van der Waals surface area contributed by atoms with Crippen LogP contribution in [0.1, 0.15) is 5.56 Å². The maximum atomic E-state index is 14.0. The third-order valence-corrected chi connectivity index (χ3v) is 2.94. The second-order valence-electron chi connectivity index (χ2n) is 4.33. The van der Waals surface area contributed by atoms with Crippen LogP contribution in [0.25, 0.3) is 10.9 Å². The molecule has 0 atom stereocenters. The van der Waals surface area contributed by atoms with E-state index in [9.17, 15) is 8.78 Å². The number of nitrogens with zero attached hydrogens (tertiary/aromatic N) is 2. The van der Waals surface area contributed by atoms with Crippen molar-refractivity contribution in [2.24, 2.45) is 0 Å². The molecule has 0 bridgehead atoms. The second-order valence-corrected chi connectivity index (χ2v) is 4.33. The van der Waals surface area contributed by atoms with Gasteiger partial charge >= 0.3 is 6.08 Å². The van der Waals surface area contributed by atoms with Gasteiger partial charge < -0.3 is 5.32 Å². The first-order chi connectivity index (χ1) is 10.2. The summed E-state index contributed by atoms with van der Waals surface area (Å²) in [5, 5.41) is 3.01. The van der Waals surface area contributed by atoms with Crippen molar-refractivity contribution < 1.29 is 8.78 Å². The maximum Gasteiger partial charge on any atom is 0.311 e. The Morgan fingerprint density at radius 3 is 2.67 bits per heavy atom. The van der Waals surface area contributed by atoms with Crippen LogP contribution < -0.4 is 5.32 Å². The highest BCUT2D eigenvalue weighted by Gasteiger charge is 2.12. The van der Waals surface area contributed by atoms with Gasteiger partial charge in [-0.05, 0) is 30.3 Å². The van der Waals surface area contributed by atoms with Crippen molar-refractivity contribution >= 4 is 22.4 Å². The van der Waals surface area contributed by atoms with Crippen molar-refractivity contribution in [1.29, 1.82) is 0 Å². The molecule has 0 fully saturated rings. The topological polar surface area (TPSA) is 37.8 Å². The molecule has 1 N–H and O–H groups in total. The lowest BCUT2D eigenvalue weighted by Crippen LogP contribution is -2.01. The molecule has 0 radical (unpaired) electrons. The van der Waals surface area contributed by atoms with E-state index in [1.165, 1.54) is 18.2 Å². The molecule has 3 rings (SSSR count). The molecule has 102 valence electrons. The SMILES string of the molecule is C#Cc1cccc(Nc2nc(F)nc3cccc(F)c23)c1. The van der Waals surface area contributed by atoms with Crippen molar-refractivity contribution in [3.05, 3.63) is 59.9 Å². The van der Waals surface area contributed by atoms with Gasteiger partial charge in [0.2, 0.25) is 0 Å². The van der Waals surface area contributed by atoms with E-state index in [4.69, 9.17) is 6.42 Å². The van der Waals surface area contributed by atoms with Crippen LogP contribution in [0.2, 0.25) is 0 Å². The van der Waals surface area contributed by atoms with E-state index in [0.29, 0.717) is 11.3 Å². The molecule has 0 aliphatic heterocycles. The van der Waals surface area contributed by atoms with Crippen LogP contribution in [0.5, 0.6) is 0 Å². The van der Waals surface area contributed by atoms with Gasteiger partial charge in [-0.2, -0.15) is 9.37 Å². The summed E-state index contributed by atoms with van der Waals surface area (Å²) in [7, 11) is 0. The molecule has 3 aromatic rings. The molecule has 1 heterocycles. The Hall–Kier alpha value is -3.00. The lowest BCUT2D eigenvalue weighted by atomic mass is 10.2. The summed E-state index contributed by atoms with van der Waals surface area (Å²) in [6, 6.07) is 11.2. The first-order valence-electron chi connectivity index (χ1n) is 6.13. The van der Waals surface area contributed by atoms with Gasteiger partial charge in [-0.25, -0.2) is 9.37 Å². The lowest BCUT2D eigenvalue weighted by molar-refractivity contribution is 0.545. The Morgan fingerprint density at radius 2 is 1.86 bits per heavy atom. The number of halogens is 2. The third-order valence-electron chi connectivity index (χ3n) is 2.94. The fraction of sp³-hybridized carbons (Fsp3) is 0. The van der Waals surface area contributed by atoms with Gasteiger partial charge in [-0.15, -0.1) is 6.42 Å². The molecule has 3 nitrogen and oxygen atoms in total. The molecule has 0 unspecified atom stereocenters. The van der Waals surface area contributed by atoms with Crippen LogP contribution in [-0.2, 0) is 0 Å². The minimum atomic E-state index is -0.927. The molecule has 0 aliphatic carbocycles.